The Morgan fingerprint density at radius 3 is 1.27 bits per heavy atom. The van der Waals surface area contributed by atoms with Crippen molar-refractivity contribution in [3.8, 4) is 0 Å². The topological polar surface area (TPSA) is 91.3 Å². The van der Waals surface area contributed by atoms with Gasteiger partial charge in [-0.1, -0.05) is 166 Å². The van der Waals surface area contributed by atoms with Gasteiger partial charge in [-0.2, -0.15) is 0 Å². The first-order valence-electron chi connectivity index (χ1n) is 23.6. The molecule has 2 unspecified atom stereocenters. The van der Waals surface area contributed by atoms with E-state index in [-0.39, 0.29) is 32.2 Å². The van der Waals surface area contributed by atoms with Crippen LogP contribution in [0.25, 0.3) is 0 Å². The van der Waals surface area contributed by atoms with Crippen LogP contribution in [0.5, 0.6) is 0 Å². The fraction of sp³-hybridized carbons (Fsp3) is 0.537. The minimum atomic E-state index is -4.32. The number of unbranched alkanes of at least 4 members (excludes halogenated alkanes) is 3. The van der Waals surface area contributed by atoms with Gasteiger partial charge < -0.3 is 18.9 Å². The maximum Gasteiger partial charge on any atom is 0.472 e. The van der Waals surface area contributed by atoms with E-state index < -0.39 is 13.9 Å². The van der Waals surface area contributed by atoms with Crippen molar-refractivity contribution in [2.45, 2.75) is 136 Å². The summed E-state index contributed by atoms with van der Waals surface area (Å²) in [5.74, 6) is -0.378. The van der Waals surface area contributed by atoms with Crippen molar-refractivity contribution in [1.82, 2.24) is 0 Å². The van der Waals surface area contributed by atoms with Gasteiger partial charge in [0.1, 0.15) is 19.3 Å². The molecule has 8 nitrogen and oxygen atoms in total. The molecule has 0 aliphatic rings. The van der Waals surface area contributed by atoms with Gasteiger partial charge in [0.15, 0.2) is 0 Å². The zero-order chi connectivity index (χ0) is 46.2. The molecule has 0 radical (unpaired) electrons. The largest absolute Gasteiger partial charge is 0.472 e. The molecule has 2 atom stereocenters. The first-order valence-corrected chi connectivity index (χ1v) is 25.1. The lowest BCUT2D eigenvalue weighted by molar-refractivity contribution is -0.870. The number of nitrogens with zero attached hydrogens (tertiary/aromatic N) is 1. The third-order valence-corrected chi connectivity index (χ3v) is 9.90. The van der Waals surface area contributed by atoms with Gasteiger partial charge in [-0.05, 0) is 103 Å². The van der Waals surface area contributed by atoms with Crippen molar-refractivity contribution in [3.05, 3.63) is 146 Å². The fourth-order valence-corrected chi connectivity index (χ4v) is 6.10. The second-order valence-electron chi connectivity index (χ2n) is 16.0. The van der Waals surface area contributed by atoms with Crippen molar-refractivity contribution < 1.29 is 37.3 Å². The molecule has 0 aliphatic carbocycles. The fourth-order valence-electron chi connectivity index (χ4n) is 5.36. The molecule has 63 heavy (non-hydrogen) atoms. The van der Waals surface area contributed by atoms with E-state index in [1.807, 2.05) is 21.1 Å². The molecule has 0 aromatic rings. The van der Waals surface area contributed by atoms with Gasteiger partial charge in [0.05, 0.1) is 41.0 Å². The quantitative estimate of drug-likeness (QED) is 0.0215. The van der Waals surface area contributed by atoms with Crippen molar-refractivity contribution in [1.29, 1.82) is 0 Å². The molecule has 0 aromatic heterocycles. The lowest BCUT2D eigenvalue weighted by atomic mass is 10.1. The van der Waals surface area contributed by atoms with E-state index >= 15 is 0 Å². The highest BCUT2D eigenvalue weighted by Gasteiger charge is 2.26. The van der Waals surface area contributed by atoms with Crippen LogP contribution in [-0.2, 0) is 27.9 Å². The molecule has 0 aliphatic heterocycles. The SMILES string of the molecule is CC/C=C\C/C=C\C/C=C\C/C=C\C/C=C\C/C=C\C/C=C\CCCCCC(=O)OC(COCC/C=C\C/C=C\C/C=C\C/C=C\C/C=C\CC)COP(=O)(O)OCC[N+](C)(C)C. The van der Waals surface area contributed by atoms with E-state index in [2.05, 4.69) is 160 Å². The molecular weight excluding hydrogens is 806 g/mol. The molecule has 1 N–H and O–H groups in total. The molecule has 0 spiro atoms. The number of carbonyl (C=O) groups is 1. The van der Waals surface area contributed by atoms with Crippen LogP contribution < -0.4 is 0 Å². The predicted molar refractivity (Wildman–Crippen MR) is 269 cm³/mol. The molecule has 0 fully saturated rings. The van der Waals surface area contributed by atoms with Crippen LogP contribution in [-0.4, -0.2) is 75.6 Å². The Hall–Kier alpha value is -3.62. The Morgan fingerprint density at radius 2 is 0.873 bits per heavy atom. The van der Waals surface area contributed by atoms with E-state index in [9.17, 15) is 14.3 Å². The highest BCUT2D eigenvalue weighted by atomic mass is 31.2. The van der Waals surface area contributed by atoms with Gasteiger partial charge in [0, 0.05) is 6.42 Å². The van der Waals surface area contributed by atoms with Crippen LogP contribution in [0, 0.1) is 0 Å². The van der Waals surface area contributed by atoms with Crippen molar-refractivity contribution in [2.75, 3.05) is 54.1 Å². The van der Waals surface area contributed by atoms with E-state index in [0.717, 1.165) is 96.3 Å². The van der Waals surface area contributed by atoms with Crippen molar-refractivity contribution >= 4 is 13.8 Å². The molecule has 0 aromatic carbocycles. The van der Waals surface area contributed by atoms with Crippen LogP contribution in [0.15, 0.2) is 146 Å². The molecule has 9 heteroatoms. The van der Waals surface area contributed by atoms with Crippen molar-refractivity contribution in [3.63, 3.8) is 0 Å². The Bertz CT molecular complexity index is 1500. The summed E-state index contributed by atoms with van der Waals surface area (Å²) in [5, 5.41) is 0. The van der Waals surface area contributed by atoms with Crippen LogP contribution in [0.2, 0.25) is 0 Å². The molecule has 354 valence electrons. The average Bonchev–Trinajstić information content (AvgIpc) is 3.24. The van der Waals surface area contributed by atoms with E-state index in [0.29, 0.717) is 30.5 Å². The van der Waals surface area contributed by atoms with Crippen LogP contribution in [0.3, 0.4) is 0 Å². The van der Waals surface area contributed by atoms with E-state index in [1.165, 1.54) is 0 Å². The highest BCUT2D eigenvalue weighted by molar-refractivity contribution is 7.47. The third-order valence-electron chi connectivity index (χ3n) is 8.92. The second-order valence-corrected chi connectivity index (χ2v) is 17.5. The van der Waals surface area contributed by atoms with Crippen LogP contribution >= 0.6 is 7.82 Å². The number of likely N-dealkylation sites (N-methyl/N-ethyl adjacent to an activating group) is 1. The predicted octanol–water partition coefficient (Wildman–Crippen LogP) is 14.5. The smallest absolute Gasteiger partial charge is 0.457 e. The van der Waals surface area contributed by atoms with Gasteiger partial charge in [-0.25, -0.2) is 4.57 Å². The first-order chi connectivity index (χ1) is 30.6. The van der Waals surface area contributed by atoms with E-state index in [4.69, 9.17) is 18.5 Å². The minimum absolute atomic E-state index is 0.0525. The van der Waals surface area contributed by atoms with Gasteiger partial charge >= 0.3 is 13.8 Å². The van der Waals surface area contributed by atoms with Crippen molar-refractivity contribution in [2.24, 2.45) is 0 Å². The molecule has 0 heterocycles. The average molecular weight is 893 g/mol. The van der Waals surface area contributed by atoms with Crippen LogP contribution in [0.4, 0.5) is 0 Å². The number of rotatable bonds is 41. The zero-order valence-corrected chi connectivity index (χ0v) is 40.9. The maximum atomic E-state index is 12.7. The highest BCUT2D eigenvalue weighted by Crippen LogP contribution is 2.43. The Balaban J connectivity index is 4.40. The van der Waals surface area contributed by atoms with Crippen LogP contribution in [0.1, 0.15) is 129 Å². The van der Waals surface area contributed by atoms with Gasteiger partial charge in [0.2, 0.25) is 0 Å². The second kappa shape index (κ2) is 45.0. The standard InChI is InChI=1S/C54H86NO7P/c1-6-8-10-12-14-16-18-20-22-24-25-26-27-28-29-30-31-32-33-35-37-39-41-43-45-47-54(56)62-53(52-61-63(57,58)60-50-48-55(3,4)5)51-59-49-46-44-42-40-38-36-34-23-21-19-17-15-13-11-9-7-2/h8-11,14-17,20-23,25-26,28-29,31-32,35-38,42,44,53H,6-7,12-13,18-19,24,27,30,33-34,39-41,43,45-52H2,1-5H3/p+1/b10-8-,11-9-,16-14-,17-15-,22-20-,23-21-,26-25-,29-28-,32-31-,37-35-,38-36-,44-42-. The molecule has 0 saturated carbocycles. The summed E-state index contributed by atoms with van der Waals surface area (Å²) < 4.78 is 34.9. The summed E-state index contributed by atoms with van der Waals surface area (Å²) in [4.78, 5) is 22.9. The molecule has 0 amide bonds. The summed E-state index contributed by atoms with van der Waals surface area (Å²) >= 11 is 0. The van der Waals surface area contributed by atoms with E-state index in [1.54, 1.807) is 0 Å². The maximum absolute atomic E-state index is 12.7. The number of phosphoric acid groups is 1. The van der Waals surface area contributed by atoms with Gasteiger partial charge in [-0.3, -0.25) is 13.8 Å². The number of esters is 1. The summed E-state index contributed by atoms with van der Waals surface area (Å²) in [6, 6.07) is 0. The number of quaternary nitrogens is 1. The minimum Gasteiger partial charge on any atom is -0.457 e. The van der Waals surface area contributed by atoms with Gasteiger partial charge in [-0.15, -0.1) is 0 Å². The Labute approximate surface area is 385 Å². The zero-order valence-electron chi connectivity index (χ0n) is 40.0. The first kappa shape index (κ1) is 59.4. The normalized spacial score (nSPS) is 15.0. The Morgan fingerprint density at radius 1 is 0.492 bits per heavy atom. The molecule has 0 rings (SSSR count). The summed E-state index contributed by atoms with van der Waals surface area (Å²) in [5.41, 5.74) is 0. The molecule has 0 saturated heterocycles. The number of hydrogen-bond acceptors (Lipinski definition) is 6. The third kappa shape index (κ3) is 49.3. The molecule has 0 bridgehead atoms. The number of carbonyl (C=O) groups excluding carboxylic acids is 1. The lowest BCUT2D eigenvalue weighted by Gasteiger charge is -2.24. The lowest BCUT2D eigenvalue weighted by Crippen LogP contribution is -2.37. The monoisotopic (exact) mass is 893 g/mol. The number of ether oxygens (including phenoxy) is 2. The Kier molecular flexibility index (Phi) is 42.4. The summed E-state index contributed by atoms with van der Waals surface area (Å²) in [6.45, 7) is 5.06. The summed E-state index contributed by atoms with van der Waals surface area (Å²) in [7, 11) is 1.57. The summed E-state index contributed by atoms with van der Waals surface area (Å²) in [6.07, 6.45) is 67.8. The number of hydrogen-bond donors (Lipinski definition) is 1. The number of phosphoric ester groups is 1. The molecular formula is C54H87NO7P+. The van der Waals surface area contributed by atoms with Gasteiger partial charge in [0.25, 0.3) is 0 Å². The number of allylic oxidation sites excluding steroid dienone is 23.